The topological polar surface area (TPSA) is 80.0 Å². The van der Waals surface area contributed by atoms with Crippen LogP contribution in [0, 0.1) is 0 Å². The third kappa shape index (κ3) is 2.41. The van der Waals surface area contributed by atoms with Gasteiger partial charge in [0.2, 0.25) is 0 Å². The normalized spacial score (nSPS) is 10.8. The van der Waals surface area contributed by atoms with Gasteiger partial charge >= 0.3 is 5.97 Å². The molecule has 2 N–H and O–H groups in total. The van der Waals surface area contributed by atoms with Gasteiger partial charge in [-0.05, 0) is 24.3 Å². The molecular formula is C14H11ClN4O2. The predicted molar refractivity (Wildman–Crippen MR) is 80.2 cm³/mol. The predicted octanol–water partition coefficient (Wildman–Crippen LogP) is 3.06. The van der Waals surface area contributed by atoms with E-state index in [1.807, 2.05) is 17.7 Å². The Hall–Kier alpha value is -2.60. The second-order valence-electron chi connectivity index (χ2n) is 4.51. The first-order valence-corrected chi connectivity index (χ1v) is 6.50. The van der Waals surface area contributed by atoms with Gasteiger partial charge in [-0.15, -0.1) is 0 Å². The maximum Gasteiger partial charge on any atom is 0.335 e. The number of benzene rings is 1. The number of carbonyl (C=O) groups is 1. The lowest BCUT2D eigenvalue weighted by molar-refractivity contribution is 0.0697. The van der Waals surface area contributed by atoms with Crippen molar-refractivity contribution in [2.75, 3.05) is 5.32 Å². The van der Waals surface area contributed by atoms with Gasteiger partial charge in [0.15, 0.2) is 5.82 Å². The van der Waals surface area contributed by atoms with Crippen molar-refractivity contribution in [3.8, 4) is 0 Å². The number of carboxylic acids is 1. The van der Waals surface area contributed by atoms with E-state index >= 15 is 0 Å². The molecule has 3 rings (SSSR count). The Morgan fingerprint density at radius 1 is 1.33 bits per heavy atom. The van der Waals surface area contributed by atoms with Gasteiger partial charge in [0.05, 0.1) is 28.1 Å². The van der Waals surface area contributed by atoms with E-state index in [2.05, 4.69) is 15.3 Å². The van der Waals surface area contributed by atoms with Crippen molar-refractivity contribution in [3.63, 3.8) is 0 Å². The monoisotopic (exact) mass is 302 g/mol. The van der Waals surface area contributed by atoms with Gasteiger partial charge in [0.25, 0.3) is 0 Å². The first-order chi connectivity index (χ1) is 10.1. The molecule has 3 aromatic rings. The summed E-state index contributed by atoms with van der Waals surface area (Å²) in [6, 6.07) is 6.35. The Kier molecular flexibility index (Phi) is 3.23. The summed E-state index contributed by atoms with van der Waals surface area (Å²) >= 11 is 6.10. The lowest BCUT2D eigenvalue weighted by Gasteiger charge is -2.09. The number of imidazole rings is 1. The van der Waals surface area contributed by atoms with Crippen LogP contribution < -0.4 is 5.32 Å². The Bertz CT molecular complexity index is 844. The molecule has 6 nitrogen and oxygen atoms in total. The van der Waals surface area contributed by atoms with Gasteiger partial charge in [-0.25, -0.2) is 14.8 Å². The molecule has 0 saturated carbocycles. The molecule has 2 aromatic heterocycles. The van der Waals surface area contributed by atoms with Crippen LogP contribution in [0.2, 0.25) is 5.02 Å². The number of hydrogen-bond acceptors (Lipinski definition) is 4. The van der Waals surface area contributed by atoms with Crippen molar-refractivity contribution in [1.29, 1.82) is 0 Å². The first kappa shape index (κ1) is 13.4. The van der Waals surface area contributed by atoms with E-state index in [-0.39, 0.29) is 5.56 Å². The number of carboxylic acid groups (broad SMARTS) is 1. The fraction of sp³-hybridized carbons (Fsp3) is 0.0714. The number of aryl methyl sites for hydroxylation is 1. The van der Waals surface area contributed by atoms with E-state index in [4.69, 9.17) is 16.7 Å². The van der Waals surface area contributed by atoms with Gasteiger partial charge in [-0.1, -0.05) is 11.6 Å². The zero-order valence-electron chi connectivity index (χ0n) is 11.0. The van der Waals surface area contributed by atoms with Crippen LogP contribution in [0.1, 0.15) is 10.4 Å². The van der Waals surface area contributed by atoms with Gasteiger partial charge in [-0.2, -0.15) is 0 Å². The zero-order chi connectivity index (χ0) is 15.0. The summed E-state index contributed by atoms with van der Waals surface area (Å²) in [6.45, 7) is 0. The fourth-order valence-electron chi connectivity index (χ4n) is 2.03. The van der Waals surface area contributed by atoms with Gasteiger partial charge in [0, 0.05) is 13.2 Å². The largest absolute Gasteiger partial charge is 0.478 e. The molecule has 0 aliphatic heterocycles. The zero-order valence-corrected chi connectivity index (χ0v) is 11.8. The molecule has 106 valence electrons. The molecule has 0 atom stereocenters. The molecule has 2 heterocycles. The number of aromatic nitrogens is 3. The van der Waals surface area contributed by atoms with E-state index in [9.17, 15) is 4.79 Å². The second-order valence-corrected chi connectivity index (χ2v) is 4.91. The molecule has 0 bridgehead atoms. The molecule has 0 aliphatic carbocycles. The number of fused-ring (bicyclic) bond motifs is 1. The van der Waals surface area contributed by atoms with Crippen LogP contribution in [0.5, 0.6) is 0 Å². The molecule has 0 unspecified atom stereocenters. The van der Waals surface area contributed by atoms with E-state index in [1.165, 1.54) is 12.1 Å². The first-order valence-electron chi connectivity index (χ1n) is 6.12. The number of nitrogens with one attached hydrogen (secondary N) is 1. The van der Waals surface area contributed by atoms with E-state index < -0.39 is 5.97 Å². The number of halogens is 1. The number of aromatic carboxylic acids is 1. The standard InChI is InChI=1S/C14H11ClN4O2/c1-19-7-17-12-11(19)4-5-16-13(12)18-10-3-2-8(14(20)21)6-9(10)15/h2-7H,1H3,(H,16,18)(H,20,21). The van der Waals surface area contributed by atoms with Gasteiger partial charge in [0.1, 0.15) is 5.52 Å². The van der Waals surface area contributed by atoms with Crippen molar-refractivity contribution in [2.24, 2.45) is 7.05 Å². The third-order valence-corrected chi connectivity index (χ3v) is 3.42. The fourth-order valence-corrected chi connectivity index (χ4v) is 2.26. The summed E-state index contributed by atoms with van der Waals surface area (Å²) < 4.78 is 1.89. The van der Waals surface area contributed by atoms with Crippen molar-refractivity contribution >= 4 is 40.1 Å². The minimum atomic E-state index is -1.02. The Morgan fingerprint density at radius 3 is 2.86 bits per heavy atom. The minimum absolute atomic E-state index is 0.134. The molecule has 0 spiro atoms. The minimum Gasteiger partial charge on any atom is -0.478 e. The Morgan fingerprint density at radius 2 is 2.14 bits per heavy atom. The number of nitrogens with zero attached hydrogens (tertiary/aromatic N) is 3. The maximum atomic E-state index is 10.9. The maximum absolute atomic E-state index is 10.9. The molecule has 7 heteroatoms. The molecule has 1 aromatic carbocycles. The lowest BCUT2D eigenvalue weighted by Crippen LogP contribution is -1.99. The van der Waals surface area contributed by atoms with Crippen LogP contribution in [0.3, 0.4) is 0 Å². The Balaban J connectivity index is 2.01. The van der Waals surface area contributed by atoms with Gasteiger partial charge in [-0.3, -0.25) is 0 Å². The highest BCUT2D eigenvalue weighted by Crippen LogP contribution is 2.28. The van der Waals surface area contributed by atoms with Crippen LogP contribution in [0.25, 0.3) is 11.0 Å². The van der Waals surface area contributed by atoms with E-state index in [1.54, 1.807) is 18.6 Å². The molecule has 0 radical (unpaired) electrons. The van der Waals surface area contributed by atoms with Crippen molar-refractivity contribution in [3.05, 3.63) is 47.4 Å². The van der Waals surface area contributed by atoms with Gasteiger partial charge < -0.3 is 15.0 Å². The lowest BCUT2D eigenvalue weighted by atomic mass is 10.2. The second kappa shape index (κ2) is 5.06. The molecular weight excluding hydrogens is 292 g/mol. The SMILES string of the molecule is Cn1cnc2c(Nc3ccc(C(=O)O)cc3Cl)nccc21. The highest BCUT2D eigenvalue weighted by molar-refractivity contribution is 6.33. The van der Waals surface area contributed by atoms with Crippen LogP contribution >= 0.6 is 11.6 Å². The Labute approximate surface area is 125 Å². The van der Waals surface area contributed by atoms with Crippen molar-refractivity contribution in [2.45, 2.75) is 0 Å². The molecule has 0 amide bonds. The number of rotatable bonds is 3. The van der Waals surface area contributed by atoms with E-state index in [0.29, 0.717) is 16.5 Å². The van der Waals surface area contributed by atoms with Crippen LogP contribution in [-0.4, -0.2) is 25.6 Å². The summed E-state index contributed by atoms with van der Waals surface area (Å²) in [4.78, 5) is 19.4. The number of hydrogen-bond donors (Lipinski definition) is 2. The highest BCUT2D eigenvalue weighted by atomic mass is 35.5. The highest BCUT2D eigenvalue weighted by Gasteiger charge is 2.11. The number of pyridine rings is 1. The summed E-state index contributed by atoms with van der Waals surface area (Å²) in [5.41, 5.74) is 2.37. The molecule has 21 heavy (non-hydrogen) atoms. The quantitative estimate of drug-likeness (QED) is 0.777. The summed E-state index contributed by atoms with van der Waals surface area (Å²) in [6.07, 6.45) is 3.37. The summed E-state index contributed by atoms with van der Waals surface area (Å²) in [5.74, 6) is -0.452. The molecule has 0 aliphatic rings. The average molecular weight is 303 g/mol. The van der Waals surface area contributed by atoms with Crippen molar-refractivity contribution in [1.82, 2.24) is 14.5 Å². The van der Waals surface area contributed by atoms with Crippen molar-refractivity contribution < 1.29 is 9.90 Å². The summed E-state index contributed by atoms with van der Waals surface area (Å²) in [5, 5.41) is 12.3. The number of anilines is 2. The average Bonchev–Trinajstić information content (AvgIpc) is 2.84. The van der Waals surface area contributed by atoms with Crippen LogP contribution in [-0.2, 0) is 7.05 Å². The smallest absolute Gasteiger partial charge is 0.335 e. The molecule has 0 fully saturated rings. The van der Waals surface area contributed by atoms with E-state index in [0.717, 1.165) is 11.0 Å². The molecule has 0 saturated heterocycles. The summed E-state index contributed by atoms with van der Waals surface area (Å²) in [7, 11) is 1.90. The van der Waals surface area contributed by atoms with Crippen LogP contribution in [0.4, 0.5) is 11.5 Å². The third-order valence-electron chi connectivity index (χ3n) is 3.11. The van der Waals surface area contributed by atoms with Crippen LogP contribution in [0.15, 0.2) is 36.8 Å².